The third-order valence-electron chi connectivity index (χ3n) is 4.28. The van der Waals surface area contributed by atoms with Gasteiger partial charge in [-0.05, 0) is 31.0 Å². The van der Waals surface area contributed by atoms with Crippen molar-refractivity contribution in [2.24, 2.45) is 0 Å². The first-order valence-electron chi connectivity index (χ1n) is 8.22. The number of carbonyl (C=O) groups excluding carboxylic acids is 1. The molecule has 1 aromatic heterocycles. The molecule has 0 atom stereocenters. The molecule has 1 N–H and O–H groups in total. The number of nitrogens with one attached hydrogen (secondary N) is 1. The number of hydrogen-bond donors (Lipinski definition) is 1. The Kier molecular flexibility index (Phi) is 4.78. The Bertz CT molecular complexity index is 741. The lowest BCUT2D eigenvalue weighted by Crippen LogP contribution is -2.25. The maximum Gasteiger partial charge on any atom is 0.251 e. The summed E-state index contributed by atoms with van der Waals surface area (Å²) in [5, 5.41) is 11.2. The fraction of sp³-hybridized carbons (Fsp3) is 0.471. The molecule has 0 bridgehead atoms. The highest BCUT2D eigenvalue weighted by Gasteiger charge is 2.16. The molecule has 7 heteroatoms. The summed E-state index contributed by atoms with van der Waals surface area (Å²) in [6.07, 6.45) is 4.34. The van der Waals surface area contributed by atoms with Gasteiger partial charge in [0.15, 0.2) is 5.82 Å². The lowest BCUT2D eigenvalue weighted by molar-refractivity contribution is 0.0949. The molecule has 128 valence electrons. The summed E-state index contributed by atoms with van der Waals surface area (Å²) < 4.78 is 16.1. The van der Waals surface area contributed by atoms with Crippen molar-refractivity contribution in [1.82, 2.24) is 20.1 Å². The fourth-order valence-corrected chi connectivity index (χ4v) is 2.95. The number of halogens is 1. The lowest BCUT2D eigenvalue weighted by Gasteiger charge is -2.14. The molecular weight excluding hydrogens is 309 g/mol. The molecular formula is C17H22FN5O. The van der Waals surface area contributed by atoms with Crippen molar-refractivity contribution in [3.63, 3.8) is 0 Å². The summed E-state index contributed by atoms with van der Waals surface area (Å²) in [7, 11) is 3.52. The summed E-state index contributed by atoms with van der Waals surface area (Å²) in [6, 6.07) is 4.49. The predicted molar refractivity (Wildman–Crippen MR) is 89.5 cm³/mol. The minimum atomic E-state index is -0.413. The molecule has 6 nitrogen and oxygen atoms in total. The summed E-state index contributed by atoms with van der Waals surface area (Å²) in [4.78, 5) is 13.9. The number of nitrogens with zero attached hydrogens (tertiary/aromatic N) is 4. The van der Waals surface area contributed by atoms with Crippen LogP contribution in [0.25, 0.3) is 0 Å². The molecule has 0 unspecified atom stereocenters. The van der Waals surface area contributed by atoms with E-state index in [1.807, 2.05) is 0 Å². The Morgan fingerprint density at radius 1 is 1.29 bits per heavy atom. The van der Waals surface area contributed by atoms with E-state index in [4.69, 9.17) is 0 Å². The second-order valence-corrected chi connectivity index (χ2v) is 6.24. The third kappa shape index (κ3) is 3.39. The standard InChI is InChI=1S/C17H22FN5O/c1-22(2)14-8-7-12(10-13(14)18)17(24)19-11-16-21-20-15-6-4-3-5-9-23(15)16/h7-8,10H,3-6,9,11H2,1-2H3,(H,19,24). The van der Waals surface area contributed by atoms with E-state index in [1.165, 1.54) is 12.5 Å². The van der Waals surface area contributed by atoms with Crippen molar-refractivity contribution in [2.45, 2.75) is 38.8 Å². The van der Waals surface area contributed by atoms with Crippen molar-refractivity contribution >= 4 is 11.6 Å². The van der Waals surface area contributed by atoms with Crippen LogP contribution >= 0.6 is 0 Å². The number of carbonyl (C=O) groups is 1. The van der Waals surface area contributed by atoms with Crippen LogP contribution in [0.1, 0.15) is 41.3 Å². The Morgan fingerprint density at radius 3 is 2.88 bits per heavy atom. The van der Waals surface area contributed by atoms with Gasteiger partial charge in [-0.3, -0.25) is 4.79 Å². The summed E-state index contributed by atoms with van der Waals surface area (Å²) in [5.74, 6) is 1.01. The van der Waals surface area contributed by atoms with Gasteiger partial charge in [0.1, 0.15) is 11.6 Å². The summed E-state index contributed by atoms with van der Waals surface area (Å²) >= 11 is 0. The summed E-state index contributed by atoms with van der Waals surface area (Å²) in [6.45, 7) is 1.18. The average Bonchev–Trinajstić information content (AvgIpc) is 2.78. The topological polar surface area (TPSA) is 63.1 Å². The first-order chi connectivity index (χ1) is 11.6. The van der Waals surface area contributed by atoms with E-state index in [9.17, 15) is 9.18 Å². The Labute approximate surface area is 140 Å². The SMILES string of the molecule is CN(C)c1ccc(C(=O)NCc2nnc3n2CCCCC3)cc1F. The monoisotopic (exact) mass is 331 g/mol. The number of rotatable bonds is 4. The van der Waals surface area contributed by atoms with Gasteiger partial charge < -0.3 is 14.8 Å². The molecule has 0 radical (unpaired) electrons. The number of benzene rings is 1. The molecule has 1 aliphatic heterocycles. The zero-order valence-electron chi connectivity index (χ0n) is 14.0. The number of aryl methyl sites for hydroxylation is 1. The second kappa shape index (κ2) is 6.98. The van der Waals surface area contributed by atoms with Gasteiger partial charge >= 0.3 is 0 Å². The van der Waals surface area contributed by atoms with E-state index in [2.05, 4.69) is 20.1 Å². The van der Waals surface area contributed by atoms with Gasteiger partial charge in [0.25, 0.3) is 5.91 Å². The van der Waals surface area contributed by atoms with Crippen LogP contribution in [0, 0.1) is 5.82 Å². The second-order valence-electron chi connectivity index (χ2n) is 6.24. The third-order valence-corrected chi connectivity index (χ3v) is 4.28. The van der Waals surface area contributed by atoms with E-state index in [0.29, 0.717) is 17.8 Å². The van der Waals surface area contributed by atoms with E-state index >= 15 is 0 Å². The highest BCUT2D eigenvalue weighted by Crippen LogP contribution is 2.18. The number of anilines is 1. The van der Waals surface area contributed by atoms with Crippen LogP contribution in [0.4, 0.5) is 10.1 Å². The normalized spacial score (nSPS) is 14.0. The van der Waals surface area contributed by atoms with Gasteiger partial charge in [-0.25, -0.2) is 4.39 Å². The molecule has 24 heavy (non-hydrogen) atoms. The van der Waals surface area contributed by atoms with Crippen LogP contribution in [0.5, 0.6) is 0 Å². The first kappa shape index (κ1) is 16.4. The number of amides is 1. The van der Waals surface area contributed by atoms with Crippen molar-refractivity contribution in [3.8, 4) is 0 Å². The van der Waals surface area contributed by atoms with E-state index < -0.39 is 5.82 Å². The Morgan fingerprint density at radius 2 is 2.12 bits per heavy atom. The van der Waals surface area contributed by atoms with Crippen LogP contribution < -0.4 is 10.2 Å². The van der Waals surface area contributed by atoms with E-state index in [0.717, 1.165) is 37.5 Å². The number of fused-ring (bicyclic) bond motifs is 1. The highest BCUT2D eigenvalue weighted by molar-refractivity contribution is 5.94. The Hall–Kier alpha value is -2.44. The largest absolute Gasteiger partial charge is 0.375 e. The molecule has 0 aliphatic carbocycles. The molecule has 1 aliphatic rings. The molecule has 3 rings (SSSR count). The van der Waals surface area contributed by atoms with Gasteiger partial charge in [0.2, 0.25) is 0 Å². The number of aromatic nitrogens is 3. The summed E-state index contributed by atoms with van der Waals surface area (Å²) in [5.41, 5.74) is 0.753. The average molecular weight is 331 g/mol. The minimum Gasteiger partial charge on any atom is -0.375 e. The molecule has 1 aromatic carbocycles. The zero-order chi connectivity index (χ0) is 17.1. The maximum absolute atomic E-state index is 14.0. The highest BCUT2D eigenvalue weighted by atomic mass is 19.1. The van der Waals surface area contributed by atoms with Crippen LogP contribution in [0.3, 0.4) is 0 Å². The van der Waals surface area contributed by atoms with E-state index in [-0.39, 0.29) is 5.91 Å². The molecule has 1 amide bonds. The smallest absolute Gasteiger partial charge is 0.251 e. The van der Waals surface area contributed by atoms with Crippen LogP contribution in [0.2, 0.25) is 0 Å². The van der Waals surface area contributed by atoms with Crippen molar-refractivity contribution in [3.05, 3.63) is 41.2 Å². The van der Waals surface area contributed by atoms with E-state index in [1.54, 1.807) is 31.1 Å². The first-order valence-corrected chi connectivity index (χ1v) is 8.22. The quantitative estimate of drug-likeness (QED) is 0.932. The van der Waals surface area contributed by atoms with Crippen molar-refractivity contribution in [1.29, 1.82) is 0 Å². The molecule has 2 heterocycles. The van der Waals surface area contributed by atoms with Crippen LogP contribution in [-0.2, 0) is 19.5 Å². The maximum atomic E-state index is 14.0. The van der Waals surface area contributed by atoms with Gasteiger partial charge in [0, 0.05) is 32.6 Å². The predicted octanol–water partition coefficient (Wildman–Crippen LogP) is 2.14. The van der Waals surface area contributed by atoms with Crippen LogP contribution in [0.15, 0.2) is 18.2 Å². The fourth-order valence-electron chi connectivity index (χ4n) is 2.95. The number of hydrogen-bond acceptors (Lipinski definition) is 4. The van der Waals surface area contributed by atoms with Gasteiger partial charge in [0.05, 0.1) is 12.2 Å². The Balaban J connectivity index is 1.68. The van der Waals surface area contributed by atoms with Crippen molar-refractivity contribution < 1.29 is 9.18 Å². The zero-order valence-corrected chi connectivity index (χ0v) is 14.0. The molecule has 0 spiro atoms. The molecule has 0 saturated heterocycles. The van der Waals surface area contributed by atoms with Crippen LogP contribution in [-0.4, -0.2) is 34.8 Å². The van der Waals surface area contributed by atoms with Gasteiger partial charge in [-0.2, -0.15) is 0 Å². The molecule has 2 aromatic rings. The van der Waals surface area contributed by atoms with Gasteiger partial charge in [-0.15, -0.1) is 10.2 Å². The molecule has 0 saturated carbocycles. The van der Waals surface area contributed by atoms with Crippen molar-refractivity contribution in [2.75, 3.05) is 19.0 Å². The minimum absolute atomic E-state index is 0.295. The van der Waals surface area contributed by atoms with Gasteiger partial charge in [-0.1, -0.05) is 6.42 Å². The lowest BCUT2D eigenvalue weighted by atomic mass is 10.1. The molecule has 0 fully saturated rings.